The lowest BCUT2D eigenvalue weighted by Crippen LogP contribution is -2.52. The van der Waals surface area contributed by atoms with Gasteiger partial charge in [-0.3, -0.25) is 9.69 Å². The van der Waals surface area contributed by atoms with E-state index < -0.39 is 5.60 Å². The summed E-state index contributed by atoms with van der Waals surface area (Å²) in [5.74, 6) is 0.00977. The van der Waals surface area contributed by atoms with Crippen molar-refractivity contribution in [3.63, 3.8) is 0 Å². The predicted octanol–water partition coefficient (Wildman–Crippen LogP) is 1.96. The molecule has 5 nitrogen and oxygen atoms in total. The number of nitrogens with one attached hydrogen (secondary N) is 1. The summed E-state index contributed by atoms with van der Waals surface area (Å²) in [6, 6.07) is 0.542. The largest absolute Gasteiger partial charge is 0.391 e. The lowest BCUT2D eigenvalue weighted by molar-refractivity contribution is -0.128. The number of aliphatic hydroxyl groups excluding tert-OH is 1. The molecule has 24 heavy (non-hydrogen) atoms. The molecular formula is C19H34N2O3. The highest BCUT2D eigenvalue weighted by Gasteiger charge is 2.34. The van der Waals surface area contributed by atoms with E-state index in [-0.39, 0.29) is 24.5 Å². The van der Waals surface area contributed by atoms with Crippen LogP contribution in [0.1, 0.15) is 77.0 Å². The molecule has 3 N–H and O–H groups in total. The molecule has 1 amide bonds. The minimum atomic E-state index is -0.769. The Balaban J connectivity index is 1.41. The first-order chi connectivity index (χ1) is 11.6. The molecule has 2 saturated carbocycles. The number of hydrogen-bond acceptors (Lipinski definition) is 4. The third-order valence-corrected chi connectivity index (χ3v) is 6.33. The fourth-order valence-corrected chi connectivity index (χ4v) is 4.86. The van der Waals surface area contributed by atoms with Gasteiger partial charge in [-0.25, -0.2) is 0 Å². The molecule has 1 saturated heterocycles. The normalized spacial score (nSPS) is 32.4. The Morgan fingerprint density at radius 2 is 1.67 bits per heavy atom. The molecule has 0 aromatic heterocycles. The topological polar surface area (TPSA) is 72.8 Å². The monoisotopic (exact) mass is 338 g/mol. The van der Waals surface area contributed by atoms with Crippen molar-refractivity contribution in [2.45, 2.75) is 101 Å². The van der Waals surface area contributed by atoms with E-state index in [1.807, 2.05) is 0 Å². The quantitative estimate of drug-likeness (QED) is 0.733. The second-order valence-corrected chi connectivity index (χ2v) is 8.26. The van der Waals surface area contributed by atoms with E-state index in [1.165, 1.54) is 12.8 Å². The van der Waals surface area contributed by atoms with Gasteiger partial charge in [-0.2, -0.15) is 0 Å². The summed E-state index contributed by atoms with van der Waals surface area (Å²) in [6.07, 6.45) is 11.2. The van der Waals surface area contributed by atoms with Crippen LogP contribution in [0, 0.1) is 0 Å². The van der Waals surface area contributed by atoms with Crippen LogP contribution in [0.4, 0.5) is 0 Å². The van der Waals surface area contributed by atoms with Crippen LogP contribution in [0.15, 0.2) is 0 Å². The van der Waals surface area contributed by atoms with E-state index in [0.717, 1.165) is 70.9 Å². The number of carbonyl (C=O) groups is 1. The van der Waals surface area contributed by atoms with Gasteiger partial charge in [0.15, 0.2) is 0 Å². The number of aliphatic hydroxyl groups is 2. The van der Waals surface area contributed by atoms with Crippen LogP contribution in [0.3, 0.4) is 0 Å². The van der Waals surface area contributed by atoms with Crippen LogP contribution in [0.25, 0.3) is 0 Å². The van der Waals surface area contributed by atoms with Gasteiger partial charge in [-0.1, -0.05) is 32.1 Å². The van der Waals surface area contributed by atoms with Gasteiger partial charge in [0.1, 0.15) is 0 Å². The summed E-state index contributed by atoms with van der Waals surface area (Å²) in [5, 5.41) is 23.9. The average molecular weight is 338 g/mol. The number of nitrogens with zero attached hydrogens (tertiary/aromatic N) is 1. The maximum atomic E-state index is 12.3. The highest BCUT2D eigenvalue weighted by molar-refractivity contribution is 5.77. The number of likely N-dealkylation sites (tertiary alicyclic amines) is 1. The molecule has 0 bridgehead atoms. The van der Waals surface area contributed by atoms with Gasteiger partial charge in [0.05, 0.1) is 18.1 Å². The van der Waals surface area contributed by atoms with Gasteiger partial charge in [0.2, 0.25) is 5.91 Å². The summed E-state index contributed by atoms with van der Waals surface area (Å²) in [6.45, 7) is 1.91. The van der Waals surface area contributed by atoms with Gasteiger partial charge in [0, 0.05) is 25.2 Å². The third kappa shape index (κ3) is 4.70. The molecule has 0 spiro atoms. The van der Waals surface area contributed by atoms with Crippen molar-refractivity contribution in [1.29, 1.82) is 0 Å². The Morgan fingerprint density at radius 3 is 2.33 bits per heavy atom. The van der Waals surface area contributed by atoms with Gasteiger partial charge in [-0.05, 0) is 38.5 Å². The summed E-state index contributed by atoms with van der Waals surface area (Å²) in [7, 11) is 0. The van der Waals surface area contributed by atoms with Crippen molar-refractivity contribution in [3.05, 3.63) is 0 Å². The van der Waals surface area contributed by atoms with Crippen LogP contribution >= 0.6 is 0 Å². The Hall–Kier alpha value is -0.650. The van der Waals surface area contributed by atoms with Gasteiger partial charge >= 0.3 is 0 Å². The number of rotatable bonds is 4. The van der Waals surface area contributed by atoms with E-state index in [1.54, 1.807) is 0 Å². The molecule has 138 valence electrons. The molecule has 2 unspecified atom stereocenters. The number of amides is 1. The molecule has 1 heterocycles. The Bertz CT molecular complexity index is 415. The molecule has 1 aliphatic heterocycles. The zero-order valence-electron chi connectivity index (χ0n) is 14.9. The smallest absolute Gasteiger partial charge is 0.223 e. The maximum Gasteiger partial charge on any atom is 0.223 e. The molecule has 2 aliphatic carbocycles. The number of piperidine rings is 1. The molecule has 0 aromatic carbocycles. The zero-order valence-corrected chi connectivity index (χ0v) is 14.9. The minimum Gasteiger partial charge on any atom is -0.391 e. The molecule has 3 aliphatic rings. The third-order valence-electron chi connectivity index (χ3n) is 6.33. The maximum absolute atomic E-state index is 12.3. The first-order valence-corrected chi connectivity index (χ1v) is 10.00. The predicted molar refractivity (Wildman–Crippen MR) is 93.7 cm³/mol. The second kappa shape index (κ2) is 8.15. The Kier molecular flexibility index (Phi) is 6.17. The number of hydrogen-bond donors (Lipinski definition) is 3. The SMILES string of the molecule is O=C(CC1(O)CCCCC1)NC1CCN(C2CCCCC2O)CC1. The lowest BCUT2D eigenvalue weighted by Gasteiger charge is -2.41. The molecule has 5 heteroatoms. The molecule has 3 fully saturated rings. The minimum absolute atomic E-state index is 0.00977. The van der Waals surface area contributed by atoms with E-state index in [2.05, 4.69) is 10.2 Å². The standard InChI is InChI=1S/C19H34N2O3/c22-17-7-3-2-6-16(17)21-12-8-15(9-13-21)20-18(23)14-19(24)10-4-1-5-11-19/h15-17,22,24H,1-14H2,(H,20,23). The second-order valence-electron chi connectivity index (χ2n) is 8.26. The van der Waals surface area contributed by atoms with Crippen LogP contribution in [-0.4, -0.2) is 57.9 Å². The fourth-order valence-electron chi connectivity index (χ4n) is 4.86. The van der Waals surface area contributed by atoms with Gasteiger partial charge in [-0.15, -0.1) is 0 Å². The molecule has 0 radical (unpaired) electrons. The Labute approximate surface area is 145 Å². The lowest BCUT2D eigenvalue weighted by atomic mass is 9.82. The van der Waals surface area contributed by atoms with Gasteiger partial charge in [0.25, 0.3) is 0 Å². The van der Waals surface area contributed by atoms with E-state index in [4.69, 9.17) is 0 Å². The highest BCUT2D eigenvalue weighted by Crippen LogP contribution is 2.31. The van der Waals surface area contributed by atoms with Crippen molar-refractivity contribution in [2.75, 3.05) is 13.1 Å². The van der Waals surface area contributed by atoms with Crippen LogP contribution in [-0.2, 0) is 4.79 Å². The van der Waals surface area contributed by atoms with Gasteiger partial charge < -0.3 is 15.5 Å². The van der Waals surface area contributed by atoms with Crippen LogP contribution in [0.5, 0.6) is 0 Å². The van der Waals surface area contributed by atoms with Crippen molar-refractivity contribution in [3.8, 4) is 0 Å². The van der Waals surface area contributed by atoms with Crippen molar-refractivity contribution in [2.24, 2.45) is 0 Å². The van der Waals surface area contributed by atoms with E-state index in [0.29, 0.717) is 6.04 Å². The summed E-state index contributed by atoms with van der Waals surface area (Å²) >= 11 is 0. The van der Waals surface area contributed by atoms with Crippen LogP contribution < -0.4 is 5.32 Å². The molecule has 0 aromatic rings. The number of carbonyl (C=O) groups excluding carboxylic acids is 1. The molecule has 3 rings (SSSR count). The summed E-state index contributed by atoms with van der Waals surface area (Å²) in [5.41, 5.74) is -0.769. The summed E-state index contributed by atoms with van der Waals surface area (Å²) in [4.78, 5) is 14.7. The Morgan fingerprint density at radius 1 is 1.00 bits per heavy atom. The van der Waals surface area contributed by atoms with Crippen molar-refractivity contribution >= 4 is 5.91 Å². The molecule has 2 atom stereocenters. The molecular weight excluding hydrogens is 304 g/mol. The van der Waals surface area contributed by atoms with E-state index >= 15 is 0 Å². The fraction of sp³-hybridized carbons (Fsp3) is 0.947. The average Bonchev–Trinajstić information content (AvgIpc) is 2.56. The first kappa shape index (κ1) is 18.2. The van der Waals surface area contributed by atoms with Crippen molar-refractivity contribution in [1.82, 2.24) is 10.2 Å². The summed E-state index contributed by atoms with van der Waals surface area (Å²) < 4.78 is 0. The highest BCUT2D eigenvalue weighted by atomic mass is 16.3. The van der Waals surface area contributed by atoms with Crippen molar-refractivity contribution < 1.29 is 15.0 Å². The zero-order chi connectivity index (χ0) is 17.0. The first-order valence-electron chi connectivity index (χ1n) is 10.00. The van der Waals surface area contributed by atoms with E-state index in [9.17, 15) is 15.0 Å². The van der Waals surface area contributed by atoms with Crippen LogP contribution in [0.2, 0.25) is 0 Å².